The van der Waals surface area contributed by atoms with E-state index in [0.717, 1.165) is 0 Å². The SMILES string of the molecule is O=Cc1nc(C(F)(F)F)cc(C(F)F)c1[N+](=O)[O-]. The fourth-order valence-corrected chi connectivity index (χ4v) is 1.17. The van der Waals surface area contributed by atoms with Crippen molar-refractivity contribution < 1.29 is 31.7 Å². The molecule has 0 amide bonds. The molecule has 0 aliphatic rings. The quantitative estimate of drug-likeness (QED) is 0.366. The van der Waals surface area contributed by atoms with Crippen LogP contribution in [0.25, 0.3) is 0 Å². The maximum Gasteiger partial charge on any atom is 0.433 e. The lowest BCUT2D eigenvalue weighted by Gasteiger charge is -2.09. The molecule has 0 saturated carbocycles. The molecule has 1 heterocycles. The summed E-state index contributed by atoms with van der Waals surface area (Å²) in [5.41, 5.74) is -5.99. The van der Waals surface area contributed by atoms with Crippen molar-refractivity contribution in [2.24, 2.45) is 0 Å². The third kappa shape index (κ3) is 2.57. The molecule has 1 rings (SSSR count). The lowest BCUT2D eigenvalue weighted by molar-refractivity contribution is -0.386. The van der Waals surface area contributed by atoms with Gasteiger partial charge in [-0.3, -0.25) is 14.9 Å². The summed E-state index contributed by atoms with van der Waals surface area (Å²) < 4.78 is 61.8. The van der Waals surface area contributed by atoms with Gasteiger partial charge in [0.25, 0.3) is 6.43 Å². The summed E-state index contributed by atoms with van der Waals surface area (Å²) in [6.45, 7) is 0. The lowest BCUT2D eigenvalue weighted by atomic mass is 10.1. The molecule has 0 aliphatic heterocycles. The van der Waals surface area contributed by atoms with Crippen LogP contribution in [-0.4, -0.2) is 16.2 Å². The van der Waals surface area contributed by atoms with Gasteiger partial charge in [0.1, 0.15) is 11.3 Å². The van der Waals surface area contributed by atoms with Crippen molar-refractivity contribution in [2.45, 2.75) is 12.6 Å². The first-order valence-electron chi connectivity index (χ1n) is 4.18. The topological polar surface area (TPSA) is 73.1 Å². The van der Waals surface area contributed by atoms with Crippen LogP contribution in [0.2, 0.25) is 0 Å². The Morgan fingerprint density at radius 3 is 2.28 bits per heavy atom. The van der Waals surface area contributed by atoms with Crippen molar-refractivity contribution >= 4 is 12.0 Å². The van der Waals surface area contributed by atoms with Gasteiger partial charge < -0.3 is 0 Å². The van der Waals surface area contributed by atoms with Crippen molar-refractivity contribution in [3.05, 3.63) is 33.1 Å². The molecule has 0 radical (unpaired) electrons. The Kier molecular flexibility index (Phi) is 3.58. The van der Waals surface area contributed by atoms with E-state index in [1.165, 1.54) is 0 Å². The third-order valence-electron chi connectivity index (χ3n) is 1.87. The fraction of sp³-hybridized carbons (Fsp3) is 0.250. The van der Waals surface area contributed by atoms with E-state index in [0.29, 0.717) is 0 Å². The molecule has 1 aromatic heterocycles. The van der Waals surface area contributed by atoms with Gasteiger partial charge in [0, 0.05) is 0 Å². The minimum atomic E-state index is -5.09. The van der Waals surface area contributed by atoms with Crippen LogP contribution >= 0.6 is 0 Å². The van der Waals surface area contributed by atoms with E-state index in [9.17, 15) is 36.9 Å². The van der Waals surface area contributed by atoms with Gasteiger partial charge in [-0.25, -0.2) is 13.8 Å². The van der Waals surface area contributed by atoms with Crippen LogP contribution in [0.5, 0.6) is 0 Å². The van der Waals surface area contributed by atoms with Crippen molar-refractivity contribution in [3.8, 4) is 0 Å². The van der Waals surface area contributed by atoms with Crippen LogP contribution in [0, 0.1) is 10.1 Å². The lowest BCUT2D eigenvalue weighted by Crippen LogP contribution is -2.13. The first kappa shape index (κ1) is 13.9. The Balaban J connectivity index is 3.64. The number of alkyl halides is 5. The predicted octanol–water partition coefficient (Wildman–Crippen LogP) is 2.76. The monoisotopic (exact) mass is 270 g/mol. The Hall–Kier alpha value is -2.13. The number of nitro groups is 1. The maximum absolute atomic E-state index is 12.5. The molecule has 1 aromatic rings. The van der Waals surface area contributed by atoms with Gasteiger partial charge in [0.05, 0.1) is 4.92 Å². The van der Waals surface area contributed by atoms with Crippen LogP contribution in [-0.2, 0) is 6.18 Å². The highest BCUT2D eigenvalue weighted by Gasteiger charge is 2.38. The second-order valence-electron chi connectivity index (χ2n) is 3.00. The zero-order chi connectivity index (χ0) is 14.1. The Bertz CT molecular complexity index is 500. The largest absolute Gasteiger partial charge is 0.433 e. The second-order valence-corrected chi connectivity index (χ2v) is 3.00. The van der Waals surface area contributed by atoms with E-state index in [1.54, 1.807) is 0 Å². The van der Waals surface area contributed by atoms with E-state index in [2.05, 4.69) is 4.98 Å². The van der Waals surface area contributed by atoms with Crippen LogP contribution in [0.4, 0.5) is 27.6 Å². The summed E-state index contributed by atoms with van der Waals surface area (Å²) in [4.78, 5) is 22.1. The van der Waals surface area contributed by atoms with Crippen LogP contribution in [0.3, 0.4) is 0 Å². The summed E-state index contributed by atoms with van der Waals surface area (Å²) in [6, 6.07) is -0.143. The Morgan fingerprint density at radius 2 is 1.94 bits per heavy atom. The highest BCUT2D eigenvalue weighted by molar-refractivity contribution is 5.79. The van der Waals surface area contributed by atoms with Gasteiger partial charge in [-0.2, -0.15) is 13.2 Å². The molecule has 10 heteroatoms. The highest BCUT2D eigenvalue weighted by Crippen LogP contribution is 2.36. The zero-order valence-electron chi connectivity index (χ0n) is 8.24. The minimum Gasteiger partial charge on any atom is -0.296 e. The van der Waals surface area contributed by atoms with E-state index >= 15 is 0 Å². The van der Waals surface area contributed by atoms with E-state index in [-0.39, 0.29) is 12.4 Å². The van der Waals surface area contributed by atoms with Gasteiger partial charge in [-0.1, -0.05) is 0 Å². The number of aromatic nitrogens is 1. The molecule has 0 N–H and O–H groups in total. The van der Waals surface area contributed by atoms with E-state index < -0.39 is 40.2 Å². The summed E-state index contributed by atoms with van der Waals surface area (Å²) in [5.74, 6) is 0. The summed E-state index contributed by atoms with van der Waals surface area (Å²) in [5, 5.41) is 10.5. The van der Waals surface area contributed by atoms with Crippen molar-refractivity contribution in [1.29, 1.82) is 0 Å². The number of carbonyl (C=O) groups is 1. The minimum absolute atomic E-state index is 0.143. The smallest absolute Gasteiger partial charge is 0.296 e. The number of halogens is 5. The predicted molar refractivity (Wildman–Crippen MR) is 46.2 cm³/mol. The molecule has 0 aliphatic carbocycles. The maximum atomic E-state index is 12.5. The van der Waals surface area contributed by atoms with Gasteiger partial charge in [-0.15, -0.1) is 0 Å². The highest BCUT2D eigenvalue weighted by atomic mass is 19.4. The molecular weight excluding hydrogens is 267 g/mol. The standard InChI is InChI=1S/C8H3F5N2O3/c9-7(10)3-1-5(8(11,12)13)14-4(2-16)6(3)15(17)18/h1-2,7H. The first-order valence-corrected chi connectivity index (χ1v) is 4.18. The van der Waals surface area contributed by atoms with Crippen molar-refractivity contribution in [2.75, 3.05) is 0 Å². The second kappa shape index (κ2) is 4.63. The molecule has 18 heavy (non-hydrogen) atoms. The summed E-state index contributed by atoms with van der Waals surface area (Å²) in [6.07, 6.45) is -9.00. The molecule has 0 fully saturated rings. The third-order valence-corrected chi connectivity index (χ3v) is 1.87. The van der Waals surface area contributed by atoms with E-state index in [4.69, 9.17) is 0 Å². The zero-order valence-corrected chi connectivity index (χ0v) is 8.24. The summed E-state index contributed by atoms with van der Waals surface area (Å²) >= 11 is 0. The van der Waals surface area contributed by atoms with Gasteiger partial charge >= 0.3 is 11.9 Å². The van der Waals surface area contributed by atoms with Crippen LogP contribution in [0.15, 0.2) is 6.07 Å². The first-order chi connectivity index (χ1) is 8.18. The summed E-state index contributed by atoms with van der Waals surface area (Å²) in [7, 11) is 0. The Morgan fingerprint density at radius 1 is 1.39 bits per heavy atom. The molecule has 0 spiro atoms. The molecular formula is C8H3F5N2O3. The van der Waals surface area contributed by atoms with Gasteiger partial charge in [0.2, 0.25) is 0 Å². The molecule has 0 unspecified atom stereocenters. The van der Waals surface area contributed by atoms with E-state index in [1.807, 2.05) is 0 Å². The number of carbonyl (C=O) groups excluding carboxylic acids is 1. The number of rotatable bonds is 3. The van der Waals surface area contributed by atoms with Crippen LogP contribution < -0.4 is 0 Å². The number of pyridine rings is 1. The van der Waals surface area contributed by atoms with Gasteiger partial charge in [0.15, 0.2) is 12.0 Å². The number of aldehydes is 1. The Labute approximate surface area is 95.4 Å². The normalized spacial score (nSPS) is 11.7. The number of hydrogen-bond donors (Lipinski definition) is 0. The molecule has 0 aromatic carbocycles. The molecule has 5 nitrogen and oxygen atoms in total. The number of nitrogens with zero attached hydrogens (tertiary/aromatic N) is 2. The molecule has 0 saturated heterocycles. The van der Waals surface area contributed by atoms with Crippen molar-refractivity contribution in [3.63, 3.8) is 0 Å². The average molecular weight is 270 g/mol. The molecule has 0 atom stereocenters. The van der Waals surface area contributed by atoms with Gasteiger partial charge in [-0.05, 0) is 6.07 Å². The molecule has 0 bridgehead atoms. The van der Waals surface area contributed by atoms with Crippen molar-refractivity contribution in [1.82, 2.24) is 4.98 Å². The average Bonchev–Trinajstić information content (AvgIpc) is 2.25. The fourth-order valence-electron chi connectivity index (χ4n) is 1.17. The van der Waals surface area contributed by atoms with Crippen LogP contribution in [0.1, 0.15) is 28.2 Å². The number of hydrogen-bond acceptors (Lipinski definition) is 4. The molecule has 98 valence electrons.